The van der Waals surface area contributed by atoms with Crippen molar-refractivity contribution in [1.29, 1.82) is 0 Å². The molecule has 0 fully saturated rings. The van der Waals surface area contributed by atoms with Gasteiger partial charge in [-0.2, -0.15) is 5.10 Å². The van der Waals surface area contributed by atoms with Gasteiger partial charge in [0.2, 0.25) is 5.91 Å². The molecule has 0 radical (unpaired) electrons. The van der Waals surface area contributed by atoms with Gasteiger partial charge in [0.15, 0.2) is 5.65 Å². The van der Waals surface area contributed by atoms with Crippen LogP contribution in [-0.2, 0) is 11.2 Å². The number of rotatable bonds is 2. The molecule has 0 aliphatic rings. The highest BCUT2D eigenvalue weighted by atomic mass is 16.1. The summed E-state index contributed by atoms with van der Waals surface area (Å²) in [6, 6.07) is 3.73. The highest BCUT2D eigenvalue weighted by molar-refractivity contribution is 5.76. The average molecular weight is 190 g/mol. The molecule has 0 saturated heterocycles. The monoisotopic (exact) mass is 190 g/mol. The molecule has 14 heavy (non-hydrogen) atoms. The van der Waals surface area contributed by atoms with E-state index in [0.29, 0.717) is 0 Å². The van der Waals surface area contributed by atoms with Gasteiger partial charge >= 0.3 is 0 Å². The number of carbonyl (C=O) groups is 1. The molecule has 0 saturated carbocycles. The molecule has 0 atom stereocenters. The minimum Gasteiger partial charge on any atom is -0.369 e. The first-order valence-electron chi connectivity index (χ1n) is 4.25. The smallest absolute Gasteiger partial charge is 0.223 e. The number of nitrogens with zero attached hydrogens (tertiary/aromatic N) is 3. The largest absolute Gasteiger partial charge is 0.369 e. The third-order valence-electron chi connectivity index (χ3n) is 1.92. The lowest BCUT2D eigenvalue weighted by molar-refractivity contribution is -0.117. The Morgan fingerprint density at radius 2 is 2.36 bits per heavy atom. The van der Waals surface area contributed by atoms with Gasteiger partial charge in [-0.25, -0.2) is 9.50 Å². The van der Waals surface area contributed by atoms with Gasteiger partial charge in [0, 0.05) is 0 Å². The van der Waals surface area contributed by atoms with Crippen molar-refractivity contribution in [2.75, 3.05) is 0 Å². The summed E-state index contributed by atoms with van der Waals surface area (Å²) in [6.45, 7) is 1.88. The molecule has 2 aromatic rings. The number of hydrogen-bond donors (Lipinski definition) is 1. The summed E-state index contributed by atoms with van der Waals surface area (Å²) < 4.78 is 1.64. The van der Waals surface area contributed by atoms with Crippen LogP contribution in [0.3, 0.4) is 0 Å². The van der Waals surface area contributed by atoms with E-state index in [9.17, 15) is 4.79 Å². The van der Waals surface area contributed by atoms with E-state index in [-0.39, 0.29) is 12.3 Å². The second-order valence-electron chi connectivity index (χ2n) is 3.14. The predicted molar refractivity (Wildman–Crippen MR) is 50.6 cm³/mol. The van der Waals surface area contributed by atoms with E-state index in [4.69, 9.17) is 5.73 Å². The Hall–Kier alpha value is -1.91. The van der Waals surface area contributed by atoms with Crippen molar-refractivity contribution < 1.29 is 4.79 Å². The molecule has 5 heteroatoms. The molecule has 1 amide bonds. The van der Waals surface area contributed by atoms with Crippen LogP contribution in [0.5, 0.6) is 0 Å². The summed E-state index contributed by atoms with van der Waals surface area (Å²) in [5.74, 6) is -0.380. The molecule has 0 unspecified atom stereocenters. The van der Waals surface area contributed by atoms with Gasteiger partial charge in [0.05, 0.1) is 24.0 Å². The molecule has 5 nitrogen and oxygen atoms in total. The lowest BCUT2D eigenvalue weighted by Gasteiger charge is -1.98. The Kier molecular flexibility index (Phi) is 1.92. The van der Waals surface area contributed by atoms with Crippen LogP contribution < -0.4 is 5.73 Å². The van der Waals surface area contributed by atoms with Crippen molar-refractivity contribution >= 4 is 11.6 Å². The number of primary amides is 1. The van der Waals surface area contributed by atoms with Gasteiger partial charge in [-0.15, -0.1) is 0 Å². The molecule has 0 spiro atoms. The summed E-state index contributed by atoms with van der Waals surface area (Å²) in [5.41, 5.74) is 7.43. The molecule has 2 rings (SSSR count). The van der Waals surface area contributed by atoms with Gasteiger partial charge in [-0.3, -0.25) is 4.79 Å². The van der Waals surface area contributed by atoms with Crippen molar-refractivity contribution in [3.8, 4) is 0 Å². The molecule has 0 aromatic carbocycles. The number of imidazole rings is 1. The van der Waals surface area contributed by atoms with Crippen LogP contribution >= 0.6 is 0 Å². The van der Waals surface area contributed by atoms with Crippen LogP contribution in [0.1, 0.15) is 11.4 Å². The molecular weight excluding hydrogens is 180 g/mol. The van der Waals surface area contributed by atoms with E-state index < -0.39 is 0 Å². The van der Waals surface area contributed by atoms with Crippen molar-refractivity contribution in [3.05, 3.63) is 29.7 Å². The van der Waals surface area contributed by atoms with Crippen LogP contribution in [0, 0.1) is 6.92 Å². The summed E-state index contributed by atoms with van der Waals surface area (Å²) in [5, 5.41) is 4.24. The van der Waals surface area contributed by atoms with Crippen LogP contribution in [0.15, 0.2) is 18.3 Å². The molecule has 2 aromatic heterocycles. The topological polar surface area (TPSA) is 73.3 Å². The SMILES string of the molecule is Cc1ccc2ncc(CC(N)=O)n2n1. The second-order valence-corrected chi connectivity index (χ2v) is 3.14. The maximum Gasteiger partial charge on any atom is 0.223 e. The number of aryl methyl sites for hydroxylation is 1. The van der Waals surface area contributed by atoms with E-state index >= 15 is 0 Å². The van der Waals surface area contributed by atoms with Gasteiger partial charge in [-0.1, -0.05) is 0 Å². The lowest BCUT2D eigenvalue weighted by Crippen LogP contribution is -2.15. The number of hydrogen-bond acceptors (Lipinski definition) is 3. The van der Waals surface area contributed by atoms with Crippen molar-refractivity contribution in [1.82, 2.24) is 14.6 Å². The lowest BCUT2D eigenvalue weighted by atomic mass is 10.3. The maximum atomic E-state index is 10.7. The van der Waals surface area contributed by atoms with E-state index in [1.54, 1.807) is 10.7 Å². The van der Waals surface area contributed by atoms with Crippen LogP contribution in [0.2, 0.25) is 0 Å². The third kappa shape index (κ3) is 1.44. The zero-order chi connectivity index (χ0) is 10.1. The third-order valence-corrected chi connectivity index (χ3v) is 1.92. The molecule has 2 N–H and O–H groups in total. The Labute approximate surface area is 80.6 Å². The van der Waals surface area contributed by atoms with Crippen LogP contribution in [0.4, 0.5) is 0 Å². The van der Waals surface area contributed by atoms with E-state index in [2.05, 4.69) is 10.1 Å². The zero-order valence-corrected chi connectivity index (χ0v) is 7.77. The first kappa shape index (κ1) is 8.68. The van der Waals surface area contributed by atoms with E-state index in [0.717, 1.165) is 17.0 Å². The molecule has 0 bridgehead atoms. The molecular formula is C9H10N4O. The fourth-order valence-corrected chi connectivity index (χ4v) is 1.31. The Balaban J connectivity index is 2.55. The fourth-order valence-electron chi connectivity index (χ4n) is 1.31. The van der Waals surface area contributed by atoms with E-state index in [1.165, 1.54) is 0 Å². The van der Waals surface area contributed by atoms with Crippen LogP contribution in [-0.4, -0.2) is 20.5 Å². The van der Waals surface area contributed by atoms with Crippen molar-refractivity contribution in [3.63, 3.8) is 0 Å². The zero-order valence-electron chi connectivity index (χ0n) is 7.77. The second kappa shape index (κ2) is 3.10. The minimum absolute atomic E-state index is 0.164. The number of nitrogens with two attached hydrogens (primary N) is 1. The first-order valence-corrected chi connectivity index (χ1v) is 4.25. The molecule has 0 aliphatic heterocycles. The first-order chi connectivity index (χ1) is 6.66. The number of carbonyl (C=O) groups excluding carboxylic acids is 1. The molecule has 2 heterocycles. The van der Waals surface area contributed by atoms with Crippen molar-refractivity contribution in [2.45, 2.75) is 13.3 Å². The van der Waals surface area contributed by atoms with E-state index in [1.807, 2.05) is 19.1 Å². The number of fused-ring (bicyclic) bond motifs is 1. The summed E-state index contributed by atoms with van der Waals surface area (Å²) >= 11 is 0. The maximum absolute atomic E-state index is 10.7. The molecule has 72 valence electrons. The van der Waals surface area contributed by atoms with Crippen molar-refractivity contribution in [2.24, 2.45) is 5.73 Å². The standard InChI is InChI=1S/C9H10N4O/c1-6-2-3-9-11-5-7(4-8(10)14)13(9)12-6/h2-3,5H,4H2,1H3,(H2,10,14). The average Bonchev–Trinajstić information content (AvgIpc) is 2.47. The highest BCUT2D eigenvalue weighted by Crippen LogP contribution is 2.05. The Morgan fingerprint density at radius 1 is 1.57 bits per heavy atom. The molecule has 0 aliphatic carbocycles. The Morgan fingerprint density at radius 3 is 3.07 bits per heavy atom. The number of amides is 1. The van der Waals surface area contributed by atoms with Gasteiger partial charge in [0.1, 0.15) is 0 Å². The minimum atomic E-state index is -0.380. The van der Waals surface area contributed by atoms with Crippen LogP contribution in [0.25, 0.3) is 5.65 Å². The summed E-state index contributed by atoms with van der Waals surface area (Å²) in [6.07, 6.45) is 1.78. The van der Waals surface area contributed by atoms with Gasteiger partial charge in [0.25, 0.3) is 0 Å². The Bertz CT molecular complexity index is 489. The highest BCUT2D eigenvalue weighted by Gasteiger charge is 2.06. The predicted octanol–water partition coefficient (Wildman–Crippen LogP) is 0.0655. The fraction of sp³-hybridized carbons (Fsp3) is 0.222. The number of aromatic nitrogens is 3. The normalized spacial score (nSPS) is 10.6. The van der Waals surface area contributed by atoms with Gasteiger partial charge in [-0.05, 0) is 19.1 Å². The summed E-state index contributed by atoms with van der Waals surface area (Å²) in [4.78, 5) is 14.9. The van der Waals surface area contributed by atoms with Gasteiger partial charge < -0.3 is 5.73 Å². The quantitative estimate of drug-likeness (QED) is 0.728. The summed E-state index contributed by atoms with van der Waals surface area (Å²) in [7, 11) is 0.